The van der Waals surface area contributed by atoms with Crippen molar-refractivity contribution in [3.05, 3.63) is 59.3 Å². The van der Waals surface area contributed by atoms with Gasteiger partial charge in [-0.05, 0) is 11.6 Å². The third kappa shape index (κ3) is 4.08. The van der Waals surface area contributed by atoms with Crippen LogP contribution in [0.2, 0.25) is 0 Å². The van der Waals surface area contributed by atoms with Crippen molar-refractivity contribution in [2.75, 3.05) is 39.9 Å². The van der Waals surface area contributed by atoms with Crippen LogP contribution in [0.25, 0.3) is 0 Å². The lowest BCUT2D eigenvalue weighted by Crippen LogP contribution is -2.25. The molecule has 0 amide bonds. The first-order valence-corrected chi connectivity index (χ1v) is 9.80. The van der Waals surface area contributed by atoms with Gasteiger partial charge >= 0.3 is 5.97 Å². The number of ether oxygens (including phenoxy) is 4. The normalized spacial score (nSPS) is 15.4. The zero-order valence-electron chi connectivity index (χ0n) is 18.6. The topological polar surface area (TPSA) is 74.3 Å². The minimum atomic E-state index is -0.688. The molecule has 0 radical (unpaired) electrons. The third-order valence-electron chi connectivity index (χ3n) is 5.51. The number of anilines is 1. The summed E-state index contributed by atoms with van der Waals surface area (Å²) in [4.78, 5) is 27.3. The Hall–Kier alpha value is -3.48. The number of para-hydroxylation sites is 1. The molecular weight excluding hydrogens is 398 g/mol. The SMILES string of the molecule is COc1cc(OC)c(C(=O)OCC(=O)C=C2N(C)c3ccccc3C2(C)C)cc1OC. The Kier molecular flexibility index (Phi) is 6.24. The van der Waals surface area contributed by atoms with E-state index >= 15 is 0 Å². The molecule has 164 valence electrons. The summed E-state index contributed by atoms with van der Waals surface area (Å²) in [5.74, 6) is 0.0431. The van der Waals surface area contributed by atoms with Crippen molar-refractivity contribution < 1.29 is 28.5 Å². The fraction of sp³-hybridized carbons (Fsp3) is 0.333. The predicted molar refractivity (Wildman–Crippen MR) is 117 cm³/mol. The molecule has 2 aromatic rings. The molecule has 0 bridgehead atoms. The lowest BCUT2D eigenvalue weighted by atomic mass is 9.83. The molecule has 7 nitrogen and oxygen atoms in total. The number of carbonyl (C=O) groups is 2. The van der Waals surface area contributed by atoms with E-state index in [0.29, 0.717) is 11.5 Å². The number of ketones is 1. The van der Waals surface area contributed by atoms with Gasteiger partial charge in [0.1, 0.15) is 11.3 Å². The first-order valence-electron chi connectivity index (χ1n) is 9.80. The predicted octanol–water partition coefficient (Wildman–Crippen LogP) is 3.75. The Balaban J connectivity index is 1.77. The number of allylic oxidation sites excluding steroid dienone is 1. The highest BCUT2D eigenvalue weighted by molar-refractivity contribution is 5.98. The van der Waals surface area contributed by atoms with E-state index in [-0.39, 0.29) is 29.1 Å². The van der Waals surface area contributed by atoms with Crippen molar-refractivity contribution in [2.45, 2.75) is 19.3 Å². The smallest absolute Gasteiger partial charge is 0.342 e. The van der Waals surface area contributed by atoms with Crippen LogP contribution in [0.15, 0.2) is 48.2 Å². The second-order valence-electron chi connectivity index (χ2n) is 7.68. The number of hydrogen-bond donors (Lipinski definition) is 0. The highest BCUT2D eigenvalue weighted by Gasteiger charge is 2.38. The van der Waals surface area contributed by atoms with Gasteiger partial charge in [-0.3, -0.25) is 4.79 Å². The van der Waals surface area contributed by atoms with Gasteiger partial charge in [0.05, 0.1) is 21.3 Å². The molecule has 0 N–H and O–H groups in total. The van der Waals surface area contributed by atoms with Crippen molar-refractivity contribution in [1.82, 2.24) is 0 Å². The fourth-order valence-corrected chi connectivity index (χ4v) is 3.86. The quantitative estimate of drug-likeness (QED) is 0.494. The molecule has 0 spiro atoms. The maximum absolute atomic E-state index is 12.6. The number of methoxy groups -OCH3 is 3. The molecule has 0 saturated carbocycles. The summed E-state index contributed by atoms with van der Waals surface area (Å²) >= 11 is 0. The van der Waals surface area contributed by atoms with E-state index in [0.717, 1.165) is 16.9 Å². The molecular formula is C24H27NO6. The van der Waals surface area contributed by atoms with Gasteiger partial charge in [-0.15, -0.1) is 0 Å². The maximum atomic E-state index is 12.6. The Bertz CT molecular complexity index is 1040. The summed E-state index contributed by atoms with van der Waals surface area (Å²) in [5.41, 5.74) is 2.85. The van der Waals surface area contributed by atoms with Gasteiger partial charge in [-0.25, -0.2) is 4.79 Å². The summed E-state index contributed by atoms with van der Waals surface area (Å²) < 4.78 is 21.0. The van der Waals surface area contributed by atoms with Crippen LogP contribution in [0.4, 0.5) is 5.69 Å². The fourth-order valence-electron chi connectivity index (χ4n) is 3.86. The van der Waals surface area contributed by atoms with E-state index in [1.54, 1.807) is 6.08 Å². The van der Waals surface area contributed by atoms with Crippen LogP contribution in [0.1, 0.15) is 29.8 Å². The molecule has 0 aliphatic carbocycles. The second kappa shape index (κ2) is 8.71. The van der Waals surface area contributed by atoms with Crippen LogP contribution in [0.5, 0.6) is 17.2 Å². The van der Waals surface area contributed by atoms with Crippen molar-refractivity contribution in [2.24, 2.45) is 0 Å². The Labute approximate surface area is 182 Å². The Morgan fingerprint density at radius 3 is 2.19 bits per heavy atom. The first-order chi connectivity index (χ1) is 14.7. The number of esters is 1. The maximum Gasteiger partial charge on any atom is 0.342 e. The third-order valence-corrected chi connectivity index (χ3v) is 5.51. The Morgan fingerprint density at radius 2 is 1.58 bits per heavy atom. The standard InChI is InChI=1S/C24H27NO6/c1-24(2)17-9-7-8-10-18(17)25(3)22(24)11-15(26)14-31-23(27)16-12-20(29-5)21(30-6)13-19(16)28-4/h7-13H,14H2,1-6H3. The second-order valence-corrected chi connectivity index (χ2v) is 7.68. The molecule has 1 aliphatic rings. The van der Waals surface area contributed by atoms with E-state index in [2.05, 4.69) is 19.9 Å². The number of likely N-dealkylation sites (N-methyl/N-ethyl adjacent to an activating group) is 1. The number of rotatable bonds is 7. The minimum absolute atomic E-state index is 0.145. The summed E-state index contributed by atoms with van der Waals surface area (Å²) in [6.45, 7) is 3.74. The number of benzene rings is 2. The zero-order chi connectivity index (χ0) is 22.8. The van der Waals surface area contributed by atoms with Crippen LogP contribution in [0, 0.1) is 0 Å². The summed E-state index contributed by atoms with van der Waals surface area (Å²) in [7, 11) is 6.31. The molecule has 7 heteroatoms. The summed E-state index contributed by atoms with van der Waals surface area (Å²) in [6, 6.07) is 11.0. The highest BCUT2D eigenvalue weighted by Crippen LogP contribution is 2.46. The minimum Gasteiger partial charge on any atom is -0.496 e. The van der Waals surface area contributed by atoms with Crippen LogP contribution in [0.3, 0.4) is 0 Å². The number of hydrogen-bond acceptors (Lipinski definition) is 7. The first kappa shape index (κ1) is 22.2. The molecule has 0 unspecified atom stereocenters. The monoisotopic (exact) mass is 425 g/mol. The van der Waals surface area contributed by atoms with Crippen molar-refractivity contribution in [3.8, 4) is 17.2 Å². The van der Waals surface area contributed by atoms with Gasteiger partial charge in [0.25, 0.3) is 0 Å². The molecule has 0 fully saturated rings. The molecule has 3 rings (SSSR count). The van der Waals surface area contributed by atoms with E-state index in [1.165, 1.54) is 33.5 Å². The van der Waals surface area contributed by atoms with Crippen LogP contribution in [-0.2, 0) is 14.9 Å². The van der Waals surface area contributed by atoms with Crippen molar-refractivity contribution in [1.29, 1.82) is 0 Å². The largest absolute Gasteiger partial charge is 0.496 e. The van der Waals surface area contributed by atoms with Gasteiger partial charge in [0.2, 0.25) is 0 Å². The van der Waals surface area contributed by atoms with Gasteiger partial charge in [0, 0.05) is 42.1 Å². The van der Waals surface area contributed by atoms with Crippen LogP contribution in [-0.4, -0.2) is 46.7 Å². The van der Waals surface area contributed by atoms with E-state index < -0.39 is 5.97 Å². The molecule has 2 aromatic carbocycles. The van der Waals surface area contributed by atoms with Gasteiger partial charge in [-0.1, -0.05) is 32.0 Å². The number of nitrogens with zero attached hydrogens (tertiary/aromatic N) is 1. The Morgan fingerprint density at radius 1 is 0.968 bits per heavy atom. The molecule has 0 aromatic heterocycles. The summed E-state index contributed by atoms with van der Waals surface area (Å²) in [6.07, 6.45) is 1.54. The zero-order valence-corrected chi connectivity index (χ0v) is 18.6. The van der Waals surface area contributed by atoms with E-state index in [4.69, 9.17) is 18.9 Å². The van der Waals surface area contributed by atoms with Crippen molar-refractivity contribution >= 4 is 17.4 Å². The van der Waals surface area contributed by atoms with E-state index in [9.17, 15) is 9.59 Å². The lowest BCUT2D eigenvalue weighted by molar-refractivity contribution is -0.117. The van der Waals surface area contributed by atoms with Gasteiger partial charge in [0.15, 0.2) is 23.9 Å². The highest BCUT2D eigenvalue weighted by atomic mass is 16.5. The molecule has 1 aliphatic heterocycles. The van der Waals surface area contributed by atoms with Gasteiger partial charge in [-0.2, -0.15) is 0 Å². The molecule has 0 atom stereocenters. The van der Waals surface area contributed by atoms with Crippen LogP contribution < -0.4 is 19.1 Å². The summed E-state index contributed by atoms with van der Waals surface area (Å²) in [5, 5.41) is 0. The number of carbonyl (C=O) groups excluding carboxylic acids is 2. The average molecular weight is 425 g/mol. The lowest BCUT2D eigenvalue weighted by Gasteiger charge is -2.23. The van der Waals surface area contributed by atoms with Crippen LogP contribution >= 0.6 is 0 Å². The van der Waals surface area contributed by atoms with E-state index in [1.807, 2.05) is 30.1 Å². The molecule has 31 heavy (non-hydrogen) atoms. The van der Waals surface area contributed by atoms with Gasteiger partial charge < -0.3 is 23.8 Å². The average Bonchev–Trinajstić information content (AvgIpc) is 2.97. The van der Waals surface area contributed by atoms with Crippen molar-refractivity contribution in [3.63, 3.8) is 0 Å². The molecule has 1 heterocycles. The number of fused-ring (bicyclic) bond motifs is 1. The molecule has 0 saturated heterocycles.